The quantitative estimate of drug-likeness (QED) is 0.159. The van der Waals surface area contributed by atoms with Crippen LogP contribution in [0.25, 0.3) is 11.0 Å². The molecule has 2 heterocycles. The summed E-state index contributed by atoms with van der Waals surface area (Å²) in [5.74, 6) is -0.391. The number of halogens is 4. The number of fused-ring (bicyclic) bond motifs is 1. The molecule has 1 aliphatic heterocycles. The summed E-state index contributed by atoms with van der Waals surface area (Å²) >= 11 is 0. The SMILES string of the molecule is CN1CCN(Cc2ccc(C(=O)Nc3nc4ccc(Oc5ccc(N(C(N)=O)c6cc(C(F)(F)F)ccc6F)cc5)cc4[nH]3)cc2)CC1. The number of nitrogens with zero attached hydrogens (tertiary/aromatic N) is 4. The predicted molar refractivity (Wildman–Crippen MR) is 173 cm³/mol. The van der Waals surface area contributed by atoms with Crippen LogP contribution < -0.4 is 20.7 Å². The summed E-state index contributed by atoms with van der Waals surface area (Å²) in [6.45, 7) is 4.92. The molecule has 0 atom stereocenters. The minimum atomic E-state index is -4.75. The average molecular weight is 662 g/mol. The molecule has 0 bridgehead atoms. The van der Waals surface area contributed by atoms with Gasteiger partial charge in [0.1, 0.15) is 17.3 Å². The van der Waals surface area contributed by atoms with Gasteiger partial charge in [-0.1, -0.05) is 12.1 Å². The summed E-state index contributed by atoms with van der Waals surface area (Å²) in [4.78, 5) is 37.9. The highest BCUT2D eigenvalue weighted by Gasteiger charge is 2.32. The molecule has 0 radical (unpaired) electrons. The van der Waals surface area contributed by atoms with Crippen molar-refractivity contribution in [1.82, 2.24) is 19.8 Å². The standard InChI is InChI=1S/C34H31F4N7O3/c1-43-14-16-44(17-15-43)20-21-2-4-22(5-3-21)31(46)42-33-40-28-13-11-26(19-29(28)41-33)48-25-9-7-24(8-10-25)45(32(39)47)30-18-23(34(36,37)38)6-12-27(30)35/h2-13,18-19H,14-17,20H2,1H3,(H2,39,47)(H2,40,41,42,46). The summed E-state index contributed by atoms with van der Waals surface area (Å²) in [7, 11) is 2.12. The second-order valence-corrected chi connectivity index (χ2v) is 11.4. The van der Waals surface area contributed by atoms with Crippen molar-refractivity contribution in [2.24, 2.45) is 5.73 Å². The third-order valence-corrected chi connectivity index (χ3v) is 7.97. The number of aromatic amines is 1. The average Bonchev–Trinajstić information content (AvgIpc) is 3.45. The number of carbonyl (C=O) groups excluding carboxylic acids is 2. The Bertz CT molecular complexity index is 1940. The maximum Gasteiger partial charge on any atom is 0.416 e. The Balaban J connectivity index is 1.11. The van der Waals surface area contributed by atoms with Crippen LogP contribution in [0.4, 0.5) is 39.7 Å². The second kappa shape index (κ2) is 13.3. The molecule has 1 fully saturated rings. The summed E-state index contributed by atoms with van der Waals surface area (Å²) < 4.78 is 60.1. The van der Waals surface area contributed by atoms with E-state index in [4.69, 9.17) is 10.5 Å². The van der Waals surface area contributed by atoms with Crippen LogP contribution in [-0.2, 0) is 12.7 Å². The number of piperazine rings is 1. The van der Waals surface area contributed by atoms with Crippen molar-refractivity contribution in [3.05, 3.63) is 107 Å². The number of nitrogens with two attached hydrogens (primary N) is 1. The van der Waals surface area contributed by atoms with E-state index >= 15 is 0 Å². The van der Waals surface area contributed by atoms with Crippen LogP contribution in [0.1, 0.15) is 21.5 Å². The van der Waals surface area contributed by atoms with Crippen molar-refractivity contribution in [1.29, 1.82) is 0 Å². The summed E-state index contributed by atoms with van der Waals surface area (Å²) in [5, 5.41) is 2.78. The number of alkyl halides is 3. The minimum Gasteiger partial charge on any atom is -0.457 e. The van der Waals surface area contributed by atoms with E-state index in [0.717, 1.165) is 38.3 Å². The molecule has 0 spiro atoms. The van der Waals surface area contributed by atoms with Gasteiger partial charge in [-0.2, -0.15) is 13.2 Å². The third kappa shape index (κ3) is 7.40. The van der Waals surface area contributed by atoms with E-state index in [1.165, 1.54) is 24.3 Å². The molecule has 0 saturated carbocycles. The number of ether oxygens (including phenoxy) is 1. The highest BCUT2D eigenvalue weighted by atomic mass is 19.4. The van der Waals surface area contributed by atoms with Crippen molar-refractivity contribution in [3.63, 3.8) is 0 Å². The fourth-order valence-corrected chi connectivity index (χ4v) is 5.36. The van der Waals surface area contributed by atoms with E-state index < -0.39 is 29.3 Å². The number of amides is 3. The van der Waals surface area contributed by atoms with Crippen LogP contribution >= 0.6 is 0 Å². The maximum atomic E-state index is 14.5. The molecule has 1 saturated heterocycles. The molecule has 3 amide bonds. The van der Waals surface area contributed by atoms with Gasteiger partial charge in [0.25, 0.3) is 5.91 Å². The molecule has 248 valence electrons. The highest BCUT2D eigenvalue weighted by Crippen LogP contribution is 2.36. The Morgan fingerprint density at radius 3 is 2.29 bits per heavy atom. The van der Waals surface area contributed by atoms with Crippen LogP contribution in [0.2, 0.25) is 0 Å². The van der Waals surface area contributed by atoms with Crippen molar-refractivity contribution < 1.29 is 31.9 Å². The Morgan fingerprint density at radius 1 is 0.938 bits per heavy atom. The van der Waals surface area contributed by atoms with Crippen LogP contribution in [0.15, 0.2) is 84.9 Å². The summed E-state index contributed by atoms with van der Waals surface area (Å²) in [5.41, 5.74) is 6.47. The second-order valence-electron chi connectivity index (χ2n) is 11.4. The third-order valence-electron chi connectivity index (χ3n) is 7.97. The van der Waals surface area contributed by atoms with Gasteiger partial charge in [-0.25, -0.2) is 14.2 Å². The molecule has 10 nitrogen and oxygen atoms in total. The number of anilines is 3. The van der Waals surface area contributed by atoms with E-state index in [-0.39, 0.29) is 17.5 Å². The summed E-state index contributed by atoms with van der Waals surface area (Å²) in [6, 6.07) is 18.7. The van der Waals surface area contributed by atoms with E-state index in [2.05, 4.69) is 32.1 Å². The highest BCUT2D eigenvalue weighted by molar-refractivity contribution is 6.04. The molecule has 14 heteroatoms. The number of likely N-dealkylation sites (N-methyl/N-ethyl adjacent to an activating group) is 1. The Hall–Kier alpha value is -5.47. The molecule has 4 aromatic carbocycles. The van der Waals surface area contributed by atoms with Crippen LogP contribution in [0.5, 0.6) is 11.5 Å². The first-order chi connectivity index (χ1) is 22.9. The first-order valence-electron chi connectivity index (χ1n) is 15.0. The first-order valence-corrected chi connectivity index (χ1v) is 15.0. The number of H-pyrrole nitrogens is 1. The number of rotatable bonds is 8. The monoisotopic (exact) mass is 661 g/mol. The van der Waals surface area contributed by atoms with Gasteiger partial charge in [-0.3, -0.25) is 19.9 Å². The Labute approximate surface area is 272 Å². The topological polar surface area (TPSA) is 120 Å². The van der Waals surface area contributed by atoms with E-state index in [9.17, 15) is 27.2 Å². The maximum absolute atomic E-state index is 14.5. The number of nitrogens with one attached hydrogen (secondary N) is 2. The van der Waals surface area contributed by atoms with Gasteiger partial charge >= 0.3 is 12.2 Å². The van der Waals surface area contributed by atoms with E-state index in [0.29, 0.717) is 51.2 Å². The lowest BCUT2D eigenvalue weighted by atomic mass is 10.1. The lowest BCUT2D eigenvalue weighted by Gasteiger charge is -2.32. The zero-order chi connectivity index (χ0) is 34.0. The molecule has 1 aromatic heterocycles. The molecule has 5 aromatic rings. The Kier molecular flexibility index (Phi) is 9.02. The number of carbonyl (C=O) groups is 2. The zero-order valence-electron chi connectivity index (χ0n) is 25.7. The van der Waals surface area contributed by atoms with Crippen molar-refractivity contribution in [3.8, 4) is 11.5 Å². The molecule has 0 unspecified atom stereocenters. The molecular formula is C34H31F4N7O3. The van der Waals surface area contributed by atoms with Crippen molar-refractivity contribution >= 4 is 40.3 Å². The molecule has 6 rings (SSSR count). The molecule has 48 heavy (non-hydrogen) atoms. The molecular weight excluding hydrogens is 630 g/mol. The fraction of sp³-hybridized carbons (Fsp3) is 0.206. The van der Waals surface area contributed by atoms with Gasteiger partial charge in [0.05, 0.1) is 28.0 Å². The predicted octanol–water partition coefficient (Wildman–Crippen LogP) is 6.73. The van der Waals surface area contributed by atoms with Crippen molar-refractivity contribution in [2.45, 2.75) is 12.7 Å². The van der Waals surface area contributed by atoms with Crippen LogP contribution in [-0.4, -0.2) is 64.9 Å². The number of hydrogen-bond acceptors (Lipinski definition) is 6. The normalized spacial score (nSPS) is 14.2. The van der Waals surface area contributed by atoms with Gasteiger partial charge in [-0.05, 0) is 79.3 Å². The smallest absolute Gasteiger partial charge is 0.416 e. The van der Waals surface area contributed by atoms with Crippen LogP contribution in [0, 0.1) is 5.82 Å². The minimum absolute atomic E-state index is 0.0298. The lowest BCUT2D eigenvalue weighted by molar-refractivity contribution is -0.137. The lowest BCUT2D eigenvalue weighted by Crippen LogP contribution is -2.43. The van der Waals surface area contributed by atoms with Gasteiger partial charge in [0, 0.05) is 44.4 Å². The number of primary amides is 1. The molecule has 4 N–H and O–H groups in total. The summed E-state index contributed by atoms with van der Waals surface area (Å²) in [6.07, 6.45) is -4.75. The number of urea groups is 1. The van der Waals surface area contributed by atoms with Crippen LogP contribution in [0.3, 0.4) is 0 Å². The number of imidazole rings is 1. The number of hydrogen-bond donors (Lipinski definition) is 3. The van der Waals surface area contributed by atoms with E-state index in [1.807, 2.05) is 12.1 Å². The zero-order valence-corrected chi connectivity index (χ0v) is 25.7. The van der Waals surface area contributed by atoms with Gasteiger partial charge in [0.2, 0.25) is 5.95 Å². The number of benzene rings is 4. The first kappa shape index (κ1) is 32.5. The molecule has 1 aliphatic rings. The molecule has 0 aliphatic carbocycles. The van der Waals surface area contributed by atoms with Crippen molar-refractivity contribution in [2.75, 3.05) is 43.4 Å². The largest absolute Gasteiger partial charge is 0.457 e. The number of aromatic nitrogens is 2. The van der Waals surface area contributed by atoms with Gasteiger partial charge in [-0.15, -0.1) is 0 Å². The van der Waals surface area contributed by atoms with E-state index in [1.54, 1.807) is 30.3 Å². The Morgan fingerprint density at radius 2 is 1.62 bits per heavy atom. The fourth-order valence-electron chi connectivity index (χ4n) is 5.36. The van der Waals surface area contributed by atoms with Gasteiger partial charge in [0.15, 0.2) is 0 Å². The van der Waals surface area contributed by atoms with Gasteiger partial charge < -0.3 is 20.4 Å².